The number of aromatic nitrogens is 5. The predicted molar refractivity (Wildman–Crippen MR) is 123 cm³/mol. The zero-order valence-corrected chi connectivity index (χ0v) is 18.3. The molecule has 176 valence electrons. The molecular weight excluding hydrogens is 469 g/mol. The number of alkyl halides is 3. The van der Waals surface area contributed by atoms with Gasteiger partial charge in [-0.25, -0.2) is 4.98 Å². The van der Waals surface area contributed by atoms with Crippen molar-refractivity contribution in [2.24, 2.45) is 5.73 Å². The highest BCUT2D eigenvalue weighted by atomic mass is 32.2. The number of halogens is 3. The minimum atomic E-state index is -4.44. The number of nitrogens with two attached hydrogens (primary N) is 2. The summed E-state index contributed by atoms with van der Waals surface area (Å²) in [6.07, 6.45) is -4.44. The topological polar surface area (TPSA) is 141 Å². The smallest absolute Gasteiger partial charge is 0.416 e. The monoisotopic (exact) mass is 488 g/mol. The SMILES string of the molecule is NCCSc1cc(Oc2ccc(-c3nc(Nc4cccc(C(F)(F)F)c4)n[nH]3)cc2)nc(N)n1. The second-order valence-electron chi connectivity index (χ2n) is 6.88. The Morgan fingerprint density at radius 2 is 1.82 bits per heavy atom. The van der Waals surface area contributed by atoms with Crippen LogP contribution in [-0.2, 0) is 6.18 Å². The fourth-order valence-electron chi connectivity index (χ4n) is 2.86. The van der Waals surface area contributed by atoms with Crippen LogP contribution in [0, 0.1) is 0 Å². The highest BCUT2D eigenvalue weighted by Gasteiger charge is 2.30. The molecule has 6 N–H and O–H groups in total. The van der Waals surface area contributed by atoms with Gasteiger partial charge < -0.3 is 21.5 Å². The molecular formula is C21H19F3N8OS. The van der Waals surface area contributed by atoms with Gasteiger partial charge in [0.05, 0.1) is 5.56 Å². The van der Waals surface area contributed by atoms with Gasteiger partial charge in [0.1, 0.15) is 10.8 Å². The van der Waals surface area contributed by atoms with Gasteiger partial charge in [-0.15, -0.1) is 16.9 Å². The highest BCUT2D eigenvalue weighted by Crippen LogP contribution is 2.31. The molecule has 0 saturated carbocycles. The first-order valence-corrected chi connectivity index (χ1v) is 10.9. The maximum Gasteiger partial charge on any atom is 0.416 e. The van der Waals surface area contributed by atoms with E-state index in [0.29, 0.717) is 40.3 Å². The lowest BCUT2D eigenvalue weighted by molar-refractivity contribution is -0.137. The zero-order valence-electron chi connectivity index (χ0n) is 17.5. The van der Waals surface area contributed by atoms with Crippen LogP contribution in [-0.4, -0.2) is 37.4 Å². The number of nitrogen functional groups attached to an aromatic ring is 1. The van der Waals surface area contributed by atoms with E-state index in [2.05, 4.69) is 30.5 Å². The van der Waals surface area contributed by atoms with Crippen LogP contribution in [0.2, 0.25) is 0 Å². The highest BCUT2D eigenvalue weighted by molar-refractivity contribution is 7.99. The number of nitrogens with zero attached hydrogens (tertiary/aromatic N) is 4. The molecule has 0 bridgehead atoms. The molecule has 0 spiro atoms. The van der Waals surface area contributed by atoms with E-state index in [9.17, 15) is 13.2 Å². The molecule has 2 aromatic carbocycles. The quantitative estimate of drug-likeness (QED) is 0.209. The van der Waals surface area contributed by atoms with E-state index in [4.69, 9.17) is 16.2 Å². The Bertz CT molecular complexity index is 1260. The van der Waals surface area contributed by atoms with Crippen LogP contribution in [0.3, 0.4) is 0 Å². The van der Waals surface area contributed by atoms with Gasteiger partial charge >= 0.3 is 6.18 Å². The molecule has 4 rings (SSSR count). The molecule has 0 radical (unpaired) electrons. The van der Waals surface area contributed by atoms with Gasteiger partial charge in [-0.3, -0.25) is 5.10 Å². The molecule has 0 amide bonds. The second-order valence-corrected chi connectivity index (χ2v) is 7.99. The number of rotatable bonds is 8. The summed E-state index contributed by atoms with van der Waals surface area (Å²) in [6, 6.07) is 13.4. The van der Waals surface area contributed by atoms with Crippen molar-refractivity contribution in [1.82, 2.24) is 25.1 Å². The van der Waals surface area contributed by atoms with Crippen molar-refractivity contribution in [3.63, 3.8) is 0 Å². The molecule has 0 atom stereocenters. The van der Waals surface area contributed by atoms with Gasteiger partial charge in [-0.05, 0) is 42.5 Å². The molecule has 0 aliphatic carbocycles. The van der Waals surface area contributed by atoms with Crippen molar-refractivity contribution in [1.29, 1.82) is 0 Å². The molecule has 4 aromatic rings. The van der Waals surface area contributed by atoms with Gasteiger partial charge in [-0.2, -0.15) is 23.1 Å². The molecule has 0 aliphatic rings. The number of thioether (sulfide) groups is 1. The van der Waals surface area contributed by atoms with Crippen LogP contribution in [0.5, 0.6) is 11.6 Å². The largest absolute Gasteiger partial charge is 0.439 e. The Morgan fingerprint density at radius 3 is 2.56 bits per heavy atom. The molecule has 0 unspecified atom stereocenters. The second kappa shape index (κ2) is 9.97. The minimum absolute atomic E-state index is 0.0936. The zero-order chi connectivity index (χ0) is 24.1. The summed E-state index contributed by atoms with van der Waals surface area (Å²) in [7, 11) is 0. The van der Waals surface area contributed by atoms with Crippen molar-refractivity contribution in [2.45, 2.75) is 11.2 Å². The van der Waals surface area contributed by atoms with Crippen LogP contribution in [0.15, 0.2) is 59.6 Å². The Hall–Kier alpha value is -3.84. The Morgan fingerprint density at radius 1 is 1.03 bits per heavy atom. The first-order chi connectivity index (χ1) is 16.3. The van der Waals surface area contributed by atoms with Crippen molar-refractivity contribution < 1.29 is 17.9 Å². The van der Waals surface area contributed by atoms with E-state index in [1.165, 1.54) is 23.9 Å². The Labute approximate surface area is 196 Å². The molecule has 0 aliphatic heterocycles. The first-order valence-electron chi connectivity index (χ1n) is 9.92. The molecule has 2 aromatic heterocycles. The number of nitrogens with one attached hydrogen (secondary N) is 2. The van der Waals surface area contributed by atoms with Crippen molar-refractivity contribution in [3.8, 4) is 23.0 Å². The van der Waals surface area contributed by atoms with E-state index >= 15 is 0 Å². The fourth-order valence-corrected chi connectivity index (χ4v) is 3.53. The molecule has 13 heteroatoms. The van der Waals surface area contributed by atoms with E-state index in [-0.39, 0.29) is 17.6 Å². The summed E-state index contributed by atoms with van der Waals surface area (Å²) in [5, 5.41) is 10.2. The molecule has 0 fully saturated rings. The molecule has 34 heavy (non-hydrogen) atoms. The lowest BCUT2D eigenvalue weighted by atomic mass is 10.2. The lowest BCUT2D eigenvalue weighted by Gasteiger charge is -2.08. The lowest BCUT2D eigenvalue weighted by Crippen LogP contribution is -2.05. The van der Waals surface area contributed by atoms with Gasteiger partial charge in [0.25, 0.3) is 0 Å². The third kappa shape index (κ3) is 5.94. The number of anilines is 3. The summed E-state index contributed by atoms with van der Waals surface area (Å²) in [5.41, 5.74) is 11.4. The van der Waals surface area contributed by atoms with E-state index < -0.39 is 11.7 Å². The Kier molecular flexibility index (Phi) is 6.84. The molecule has 0 saturated heterocycles. The predicted octanol–water partition coefficient (Wildman–Crippen LogP) is 4.45. The van der Waals surface area contributed by atoms with Crippen molar-refractivity contribution in [3.05, 3.63) is 60.2 Å². The van der Waals surface area contributed by atoms with Crippen LogP contribution in [0.25, 0.3) is 11.4 Å². The van der Waals surface area contributed by atoms with Crippen molar-refractivity contribution in [2.75, 3.05) is 23.3 Å². The number of aromatic amines is 1. The minimum Gasteiger partial charge on any atom is -0.439 e. The third-order valence-electron chi connectivity index (χ3n) is 4.35. The number of hydrogen-bond acceptors (Lipinski definition) is 9. The summed E-state index contributed by atoms with van der Waals surface area (Å²) in [4.78, 5) is 12.5. The number of benzene rings is 2. The van der Waals surface area contributed by atoms with Crippen LogP contribution >= 0.6 is 11.8 Å². The van der Waals surface area contributed by atoms with Crippen LogP contribution in [0.1, 0.15) is 5.56 Å². The maximum absolute atomic E-state index is 12.9. The average Bonchev–Trinajstić information content (AvgIpc) is 3.26. The Balaban J connectivity index is 1.44. The normalized spacial score (nSPS) is 11.4. The standard InChI is InChI=1S/C21H19F3N8OS/c22-21(23,24)13-2-1-3-14(10-13)27-20-30-18(31-32-20)12-4-6-15(7-5-12)33-16-11-17(34-9-8-25)29-19(26)28-16/h1-7,10-11H,8-9,25H2,(H2,26,28,29)(H2,27,30,31,32). The summed E-state index contributed by atoms with van der Waals surface area (Å²) in [6.45, 7) is 0.505. The first kappa shape index (κ1) is 23.3. The summed E-state index contributed by atoms with van der Waals surface area (Å²) >= 11 is 1.45. The molecule has 2 heterocycles. The van der Waals surface area contributed by atoms with Gasteiger partial charge in [-0.1, -0.05) is 6.07 Å². The van der Waals surface area contributed by atoms with Crippen LogP contribution < -0.4 is 21.5 Å². The van der Waals surface area contributed by atoms with Gasteiger partial charge in [0.2, 0.25) is 17.8 Å². The summed E-state index contributed by atoms with van der Waals surface area (Å²) < 4.78 is 44.5. The van der Waals surface area contributed by atoms with Gasteiger partial charge in [0, 0.05) is 29.6 Å². The van der Waals surface area contributed by atoms with E-state index in [1.54, 1.807) is 30.3 Å². The van der Waals surface area contributed by atoms with Crippen LogP contribution in [0.4, 0.5) is 30.8 Å². The molecule has 9 nitrogen and oxygen atoms in total. The fraction of sp³-hybridized carbons (Fsp3) is 0.143. The number of ether oxygens (including phenoxy) is 1. The average molecular weight is 488 g/mol. The summed E-state index contributed by atoms with van der Waals surface area (Å²) in [5.74, 6) is 2.15. The third-order valence-corrected chi connectivity index (χ3v) is 5.29. The van der Waals surface area contributed by atoms with E-state index in [1.807, 2.05) is 0 Å². The number of hydrogen-bond donors (Lipinski definition) is 4. The van der Waals surface area contributed by atoms with Gasteiger partial charge in [0.15, 0.2) is 5.82 Å². The van der Waals surface area contributed by atoms with Crippen molar-refractivity contribution >= 4 is 29.3 Å². The van der Waals surface area contributed by atoms with E-state index in [0.717, 1.165) is 12.1 Å². The number of H-pyrrole nitrogens is 1. The maximum atomic E-state index is 12.9.